The molecule has 0 bridgehead atoms. The lowest BCUT2D eigenvalue weighted by molar-refractivity contribution is -0.146. The summed E-state index contributed by atoms with van der Waals surface area (Å²) in [6.45, 7) is 1.94. The van der Waals surface area contributed by atoms with E-state index in [2.05, 4.69) is 5.32 Å². The highest BCUT2D eigenvalue weighted by molar-refractivity contribution is 5.95. The number of carbonyl (C=O) groups excluding carboxylic acids is 1. The molecule has 0 aromatic heterocycles. The van der Waals surface area contributed by atoms with E-state index in [0.29, 0.717) is 18.5 Å². The van der Waals surface area contributed by atoms with Crippen molar-refractivity contribution in [3.8, 4) is 0 Å². The van der Waals surface area contributed by atoms with Crippen molar-refractivity contribution in [3.63, 3.8) is 0 Å². The largest absolute Gasteiger partial charge is 0.481 e. The number of aliphatic carboxylic acids is 1. The molecule has 0 spiro atoms. The van der Waals surface area contributed by atoms with Crippen molar-refractivity contribution in [2.45, 2.75) is 19.8 Å². The van der Waals surface area contributed by atoms with Crippen LogP contribution >= 0.6 is 0 Å². The highest BCUT2D eigenvalue weighted by Gasteiger charge is 2.33. The van der Waals surface area contributed by atoms with Gasteiger partial charge in [0, 0.05) is 5.69 Å². The molecule has 4 nitrogen and oxygen atoms in total. The van der Waals surface area contributed by atoms with Crippen molar-refractivity contribution in [1.29, 1.82) is 0 Å². The lowest BCUT2D eigenvalue weighted by atomic mass is 9.82. The monoisotopic (exact) mass is 259 g/mol. The summed E-state index contributed by atoms with van der Waals surface area (Å²) in [6.07, 6.45) is 4.60. The Morgan fingerprint density at radius 2 is 1.89 bits per heavy atom. The third-order valence-corrected chi connectivity index (χ3v) is 3.37. The zero-order valence-corrected chi connectivity index (χ0v) is 10.8. The van der Waals surface area contributed by atoms with Gasteiger partial charge in [-0.2, -0.15) is 0 Å². The molecule has 1 aliphatic rings. The van der Waals surface area contributed by atoms with E-state index in [9.17, 15) is 9.59 Å². The lowest BCUT2D eigenvalue weighted by Crippen LogP contribution is -2.34. The van der Waals surface area contributed by atoms with E-state index in [0.717, 1.165) is 5.56 Å². The zero-order chi connectivity index (χ0) is 13.8. The number of carboxylic acid groups (broad SMARTS) is 1. The van der Waals surface area contributed by atoms with Gasteiger partial charge in [0.1, 0.15) is 0 Å². The minimum absolute atomic E-state index is 0.220. The Morgan fingerprint density at radius 3 is 2.53 bits per heavy atom. The fourth-order valence-corrected chi connectivity index (χ4v) is 2.33. The molecule has 2 N–H and O–H groups in total. The summed E-state index contributed by atoms with van der Waals surface area (Å²) in [5.41, 5.74) is 1.76. The molecule has 0 aliphatic heterocycles. The molecular formula is C15H17NO3. The van der Waals surface area contributed by atoms with Crippen molar-refractivity contribution in [2.24, 2.45) is 11.8 Å². The number of carboxylic acids is 1. The molecule has 0 heterocycles. The number of amides is 1. The van der Waals surface area contributed by atoms with Crippen LogP contribution in [0.5, 0.6) is 0 Å². The van der Waals surface area contributed by atoms with Gasteiger partial charge >= 0.3 is 5.97 Å². The van der Waals surface area contributed by atoms with E-state index in [1.54, 1.807) is 6.07 Å². The van der Waals surface area contributed by atoms with E-state index in [-0.39, 0.29) is 5.91 Å². The van der Waals surface area contributed by atoms with E-state index in [1.807, 2.05) is 37.3 Å². The van der Waals surface area contributed by atoms with Crippen LogP contribution in [-0.4, -0.2) is 17.0 Å². The van der Waals surface area contributed by atoms with Gasteiger partial charge in [0.2, 0.25) is 5.91 Å². The maximum atomic E-state index is 12.2. The summed E-state index contributed by atoms with van der Waals surface area (Å²) in [4.78, 5) is 23.3. The normalized spacial score (nSPS) is 21.9. The number of hydrogen-bond donors (Lipinski definition) is 2. The molecule has 0 saturated heterocycles. The second-order valence-electron chi connectivity index (χ2n) is 4.85. The topological polar surface area (TPSA) is 66.4 Å². The number of carbonyl (C=O) groups is 2. The smallest absolute Gasteiger partial charge is 0.307 e. The highest BCUT2D eigenvalue weighted by atomic mass is 16.4. The Morgan fingerprint density at radius 1 is 1.21 bits per heavy atom. The molecule has 2 atom stereocenters. The van der Waals surface area contributed by atoms with Crippen molar-refractivity contribution < 1.29 is 14.7 Å². The number of aryl methyl sites for hydroxylation is 1. The number of allylic oxidation sites excluding steroid dienone is 2. The number of hydrogen-bond acceptors (Lipinski definition) is 2. The molecule has 1 aliphatic carbocycles. The van der Waals surface area contributed by atoms with E-state index in [4.69, 9.17) is 5.11 Å². The standard InChI is InChI=1S/C15H17NO3/c1-10-5-4-6-11(9-10)16-14(17)12-7-2-3-8-13(12)15(18)19/h2-6,9,12-13H,7-8H2,1H3,(H,16,17)(H,18,19)/t12-,13-/m1/s1. The first-order valence-corrected chi connectivity index (χ1v) is 6.33. The van der Waals surface area contributed by atoms with Crippen LogP contribution in [0.2, 0.25) is 0 Å². The molecule has 0 fully saturated rings. The Balaban J connectivity index is 2.10. The molecule has 2 rings (SSSR count). The van der Waals surface area contributed by atoms with Crippen LogP contribution in [0, 0.1) is 18.8 Å². The fourth-order valence-electron chi connectivity index (χ4n) is 2.33. The Bertz CT molecular complexity index is 522. The zero-order valence-electron chi connectivity index (χ0n) is 10.8. The van der Waals surface area contributed by atoms with Gasteiger partial charge in [0.15, 0.2) is 0 Å². The molecule has 1 aromatic rings. The summed E-state index contributed by atoms with van der Waals surface area (Å²) in [6, 6.07) is 7.48. The van der Waals surface area contributed by atoms with Crippen LogP contribution in [0.1, 0.15) is 18.4 Å². The number of anilines is 1. The molecule has 1 aromatic carbocycles. The van der Waals surface area contributed by atoms with Crippen LogP contribution in [0.15, 0.2) is 36.4 Å². The molecule has 4 heteroatoms. The molecular weight excluding hydrogens is 242 g/mol. The number of rotatable bonds is 3. The third-order valence-electron chi connectivity index (χ3n) is 3.37. The van der Waals surface area contributed by atoms with Crippen molar-refractivity contribution in [3.05, 3.63) is 42.0 Å². The highest BCUT2D eigenvalue weighted by Crippen LogP contribution is 2.27. The predicted octanol–water partition coefficient (Wildman–Crippen LogP) is 2.60. The maximum absolute atomic E-state index is 12.2. The molecule has 0 saturated carbocycles. The quantitative estimate of drug-likeness (QED) is 0.820. The van der Waals surface area contributed by atoms with Crippen LogP contribution in [0.3, 0.4) is 0 Å². The molecule has 0 unspecified atom stereocenters. The summed E-state index contributed by atoms with van der Waals surface area (Å²) < 4.78 is 0. The third kappa shape index (κ3) is 3.22. The Hall–Kier alpha value is -2.10. The van der Waals surface area contributed by atoms with E-state index < -0.39 is 17.8 Å². The van der Waals surface area contributed by atoms with Crippen LogP contribution in [0.25, 0.3) is 0 Å². The van der Waals surface area contributed by atoms with E-state index >= 15 is 0 Å². The first-order chi connectivity index (χ1) is 9.08. The van der Waals surface area contributed by atoms with E-state index in [1.165, 1.54) is 0 Å². The number of nitrogens with one attached hydrogen (secondary N) is 1. The van der Waals surface area contributed by atoms with Gasteiger partial charge in [-0.1, -0.05) is 24.3 Å². The van der Waals surface area contributed by atoms with Crippen LogP contribution < -0.4 is 5.32 Å². The van der Waals surface area contributed by atoms with Gasteiger partial charge in [-0.3, -0.25) is 9.59 Å². The summed E-state index contributed by atoms with van der Waals surface area (Å²) in [5.74, 6) is -2.26. The Labute approximate surface area is 112 Å². The first kappa shape index (κ1) is 13.3. The molecule has 19 heavy (non-hydrogen) atoms. The van der Waals surface area contributed by atoms with Gasteiger partial charge in [-0.25, -0.2) is 0 Å². The summed E-state index contributed by atoms with van der Waals surface area (Å²) in [5, 5.41) is 12.0. The summed E-state index contributed by atoms with van der Waals surface area (Å²) >= 11 is 0. The Kier molecular flexibility index (Phi) is 4.00. The molecule has 1 amide bonds. The first-order valence-electron chi connectivity index (χ1n) is 6.33. The average molecular weight is 259 g/mol. The fraction of sp³-hybridized carbons (Fsp3) is 0.333. The average Bonchev–Trinajstić information content (AvgIpc) is 2.38. The maximum Gasteiger partial charge on any atom is 0.307 e. The molecule has 0 radical (unpaired) electrons. The lowest BCUT2D eigenvalue weighted by Gasteiger charge is -2.24. The van der Waals surface area contributed by atoms with Gasteiger partial charge < -0.3 is 10.4 Å². The second kappa shape index (κ2) is 5.69. The van der Waals surface area contributed by atoms with Gasteiger partial charge in [-0.05, 0) is 37.5 Å². The number of benzene rings is 1. The van der Waals surface area contributed by atoms with Crippen molar-refractivity contribution in [2.75, 3.05) is 5.32 Å². The van der Waals surface area contributed by atoms with Crippen LogP contribution in [0.4, 0.5) is 5.69 Å². The summed E-state index contributed by atoms with van der Waals surface area (Å²) in [7, 11) is 0. The SMILES string of the molecule is Cc1cccc(NC(=O)[C@@H]2CC=CC[C@H]2C(=O)O)c1. The van der Waals surface area contributed by atoms with Crippen LogP contribution in [-0.2, 0) is 9.59 Å². The minimum Gasteiger partial charge on any atom is -0.481 e. The van der Waals surface area contributed by atoms with Crippen molar-refractivity contribution in [1.82, 2.24) is 0 Å². The van der Waals surface area contributed by atoms with Crippen molar-refractivity contribution >= 4 is 17.6 Å². The van der Waals surface area contributed by atoms with Gasteiger partial charge in [-0.15, -0.1) is 0 Å². The molecule has 100 valence electrons. The van der Waals surface area contributed by atoms with Gasteiger partial charge in [0.05, 0.1) is 11.8 Å². The van der Waals surface area contributed by atoms with Gasteiger partial charge in [0.25, 0.3) is 0 Å². The second-order valence-corrected chi connectivity index (χ2v) is 4.85. The minimum atomic E-state index is -0.909. The predicted molar refractivity (Wildman–Crippen MR) is 72.8 cm³/mol.